The molecule has 0 radical (unpaired) electrons. The number of hydrogen-bond acceptors (Lipinski definition) is 4. The topological polar surface area (TPSA) is 42.4 Å². The maximum Gasteiger partial charge on any atom is 0.328 e. The van der Waals surface area contributed by atoms with E-state index in [1.54, 1.807) is 6.20 Å². The molecule has 0 aliphatic carbocycles. The van der Waals surface area contributed by atoms with Gasteiger partial charge in [-0.3, -0.25) is 4.98 Å². The summed E-state index contributed by atoms with van der Waals surface area (Å²) in [4.78, 5) is 18.2. The largest absolute Gasteiger partial charge is 0.467 e. The van der Waals surface area contributed by atoms with Gasteiger partial charge >= 0.3 is 5.97 Å². The summed E-state index contributed by atoms with van der Waals surface area (Å²) in [6.07, 6.45) is 3.66. The maximum absolute atomic E-state index is 11.8. The molecule has 2 aromatic rings. The molecule has 4 heteroatoms. The van der Waals surface area contributed by atoms with Gasteiger partial charge < -0.3 is 9.64 Å². The monoisotopic (exact) mass is 256 g/mol. The van der Waals surface area contributed by atoms with E-state index in [1.165, 1.54) is 7.11 Å². The molecule has 2 heterocycles. The van der Waals surface area contributed by atoms with Gasteiger partial charge in [-0.2, -0.15) is 0 Å². The van der Waals surface area contributed by atoms with Crippen molar-refractivity contribution in [3.8, 4) is 0 Å². The van der Waals surface area contributed by atoms with Crippen LogP contribution >= 0.6 is 0 Å². The summed E-state index contributed by atoms with van der Waals surface area (Å²) in [5.74, 6) is -0.149. The Morgan fingerprint density at radius 2 is 2.32 bits per heavy atom. The fraction of sp³-hybridized carbons (Fsp3) is 0.333. The molecule has 1 aromatic heterocycles. The van der Waals surface area contributed by atoms with E-state index in [0.717, 1.165) is 36.0 Å². The minimum atomic E-state index is -0.154. The lowest BCUT2D eigenvalue weighted by Crippen LogP contribution is -2.36. The molecular formula is C15H16N2O2. The van der Waals surface area contributed by atoms with Crippen molar-refractivity contribution in [3.05, 3.63) is 36.5 Å². The number of aromatic nitrogens is 1. The summed E-state index contributed by atoms with van der Waals surface area (Å²) in [6.45, 7) is 0.894. The molecule has 19 heavy (non-hydrogen) atoms. The van der Waals surface area contributed by atoms with Gasteiger partial charge in [0.2, 0.25) is 0 Å². The summed E-state index contributed by atoms with van der Waals surface area (Å²) in [5.41, 5.74) is 2.04. The Morgan fingerprint density at radius 3 is 3.16 bits per heavy atom. The zero-order valence-corrected chi connectivity index (χ0v) is 10.9. The first-order valence-electron chi connectivity index (χ1n) is 6.49. The number of benzene rings is 1. The average Bonchev–Trinajstić information content (AvgIpc) is 2.95. The molecule has 0 saturated carbocycles. The molecule has 1 aliphatic rings. The van der Waals surface area contributed by atoms with Gasteiger partial charge in [0.1, 0.15) is 6.04 Å². The first-order chi connectivity index (χ1) is 9.29. The quantitative estimate of drug-likeness (QED) is 0.774. The third-order valence-electron chi connectivity index (χ3n) is 3.64. The van der Waals surface area contributed by atoms with Crippen LogP contribution in [0.1, 0.15) is 12.8 Å². The summed E-state index contributed by atoms with van der Waals surface area (Å²) in [5, 5.41) is 1.09. The molecule has 0 amide bonds. The van der Waals surface area contributed by atoms with Crippen LogP contribution < -0.4 is 4.90 Å². The van der Waals surface area contributed by atoms with Gasteiger partial charge in [0.05, 0.1) is 12.6 Å². The molecule has 0 bridgehead atoms. The summed E-state index contributed by atoms with van der Waals surface area (Å²) in [7, 11) is 1.45. The van der Waals surface area contributed by atoms with Crippen molar-refractivity contribution < 1.29 is 9.53 Å². The molecule has 1 atom stereocenters. The Kier molecular flexibility index (Phi) is 3.07. The zero-order chi connectivity index (χ0) is 13.2. The predicted octanol–water partition coefficient (Wildman–Crippen LogP) is 2.38. The van der Waals surface area contributed by atoms with Crippen LogP contribution in [0.3, 0.4) is 0 Å². The molecule has 0 spiro atoms. The Hall–Kier alpha value is -2.10. The van der Waals surface area contributed by atoms with E-state index >= 15 is 0 Å². The average molecular weight is 256 g/mol. The number of rotatable bonds is 2. The molecule has 98 valence electrons. The second-order valence-electron chi connectivity index (χ2n) is 4.75. The van der Waals surface area contributed by atoms with Crippen LogP contribution in [0.25, 0.3) is 10.9 Å². The minimum Gasteiger partial charge on any atom is -0.467 e. The molecule has 4 nitrogen and oxygen atoms in total. The van der Waals surface area contributed by atoms with Crippen LogP contribution in [-0.4, -0.2) is 30.6 Å². The lowest BCUT2D eigenvalue weighted by molar-refractivity contribution is -0.141. The van der Waals surface area contributed by atoms with E-state index in [2.05, 4.69) is 16.0 Å². The van der Waals surface area contributed by atoms with E-state index < -0.39 is 0 Å². The highest BCUT2D eigenvalue weighted by molar-refractivity contribution is 5.85. The van der Waals surface area contributed by atoms with Crippen LogP contribution in [0.4, 0.5) is 5.69 Å². The van der Waals surface area contributed by atoms with Gasteiger partial charge in [0.25, 0.3) is 0 Å². The SMILES string of the molecule is COC(=O)C1CCCN1c1ccc2ncccc2c1. The normalized spacial score (nSPS) is 18.8. The number of pyridine rings is 1. The number of carbonyl (C=O) groups excluding carboxylic acids is 1. The first kappa shape index (κ1) is 12.0. The number of carbonyl (C=O) groups is 1. The van der Waals surface area contributed by atoms with Gasteiger partial charge in [-0.25, -0.2) is 4.79 Å². The molecule has 3 rings (SSSR count). The lowest BCUT2D eigenvalue weighted by atomic mass is 10.1. The van der Waals surface area contributed by atoms with Crippen LogP contribution in [0.5, 0.6) is 0 Å². The second-order valence-corrected chi connectivity index (χ2v) is 4.75. The Labute approximate surface area is 112 Å². The van der Waals surface area contributed by atoms with E-state index in [0.29, 0.717) is 0 Å². The van der Waals surface area contributed by atoms with Crippen molar-refractivity contribution >= 4 is 22.6 Å². The standard InChI is InChI=1S/C15H16N2O2/c1-19-15(18)14-5-3-9-17(14)12-6-7-13-11(10-12)4-2-8-16-13/h2,4,6-8,10,14H,3,5,9H2,1H3. The van der Waals surface area contributed by atoms with Crippen molar-refractivity contribution in [1.82, 2.24) is 4.98 Å². The van der Waals surface area contributed by atoms with Crippen LogP contribution in [-0.2, 0) is 9.53 Å². The van der Waals surface area contributed by atoms with Crippen molar-refractivity contribution in [3.63, 3.8) is 0 Å². The number of fused-ring (bicyclic) bond motifs is 1. The molecular weight excluding hydrogens is 240 g/mol. The molecule has 1 unspecified atom stereocenters. The summed E-state index contributed by atoms with van der Waals surface area (Å²) >= 11 is 0. The number of ether oxygens (including phenoxy) is 1. The van der Waals surface area contributed by atoms with Gasteiger partial charge in [-0.15, -0.1) is 0 Å². The van der Waals surface area contributed by atoms with Crippen molar-refractivity contribution in [2.75, 3.05) is 18.6 Å². The number of anilines is 1. The molecule has 0 N–H and O–H groups in total. The number of methoxy groups -OCH3 is 1. The molecule has 1 aromatic carbocycles. The summed E-state index contributed by atoms with van der Waals surface area (Å²) < 4.78 is 4.88. The van der Waals surface area contributed by atoms with E-state index in [1.807, 2.05) is 24.3 Å². The third kappa shape index (κ3) is 2.14. The Bertz CT molecular complexity index is 612. The molecule has 1 saturated heterocycles. The van der Waals surface area contributed by atoms with Gasteiger partial charge in [-0.1, -0.05) is 6.07 Å². The van der Waals surface area contributed by atoms with E-state index in [4.69, 9.17) is 4.74 Å². The smallest absolute Gasteiger partial charge is 0.328 e. The fourth-order valence-electron chi connectivity index (χ4n) is 2.70. The van der Waals surface area contributed by atoms with Gasteiger partial charge in [0, 0.05) is 23.8 Å². The highest BCUT2D eigenvalue weighted by Gasteiger charge is 2.31. The van der Waals surface area contributed by atoms with Gasteiger partial charge in [-0.05, 0) is 37.1 Å². The summed E-state index contributed by atoms with van der Waals surface area (Å²) in [6, 6.07) is 9.92. The first-order valence-corrected chi connectivity index (χ1v) is 6.49. The fourth-order valence-corrected chi connectivity index (χ4v) is 2.70. The van der Waals surface area contributed by atoms with E-state index in [-0.39, 0.29) is 12.0 Å². The van der Waals surface area contributed by atoms with Crippen LogP contribution in [0, 0.1) is 0 Å². The Balaban J connectivity index is 1.96. The van der Waals surface area contributed by atoms with Crippen molar-refractivity contribution in [2.45, 2.75) is 18.9 Å². The van der Waals surface area contributed by atoms with Crippen LogP contribution in [0.15, 0.2) is 36.5 Å². The molecule has 1 aliphatic heterocycles. The zero-order valence-electron chi connectivity index (χ0n) is 10.9. The second kappa shape index (κ2) is 4.88. The third-order valence-corrected chi connectivity index (χ3v) is 3.64. The van der Waals surface area contributed by atoms with Gasteiger partial charge in [0.15, 0.2) is 0 Å². The molecule has 1 fully saturated rings. The Morgan fingerprint density at radius 1 is 1.42 bits per heavy atom. The minimum absolute atomic E-state index is 0.149. The van der Waals surface area contributed by atoms with Crippen LogP contribution in [0.2, 0.25) is 0 Å². The highest BCUT2D eigenvalue weighted by atomic mass is 16.5. The number of esters is 1. The lowest BCUT2D eigenvalue weighted by Gasteiger charge is -2.25. The van der Waals surface area contributed by atoms with Crippen molar-refractivity contribution in [1.29, 1.82) is 0 Å². The number of nitrogens with zero attached hydrogens (tertiary/aromatic N) is 2. The number of hydrogen-bond donors (Lipinski definition) is 0. The van der Waals surface area contributed by atoms with E-state index in [9.17, 15) is 4.79 Å². The highest BCUT2D eigenvalue weighted by Crippen LogP contribution is 2.28. The maximum atomic E-state index is 11.8. The predicted molar refractivity (Wildman–Crippen MR) is 74.1 cm³/mol. The van der Waals surface area contributed by atoms with Crippen molar-refractivity contribution in [2.24, 2.45) is 0 Å².